The number of hydrogen-bond acceptors (Lipinski definition) is 6. The van der Waals surface area contributed by atoms with E-state index in [1.54, 1.807) is 0 Å². The molecule has 0 spiro atoms. The summed E-state index contributed by atoms with van der Waals surface area (Å²) in [5.74, 6) is -0.211. The molecule has 1 aliphatic rings. The Bertz CT molecular complexity index is 827. The molecule has 174 valence electrons. The van der Waals surface area contributed by atoms with E-state index in [0.717, 1.165) is 51.4 Å². The summed E-state index contributed by atoms with van der Waals surface area (Å²) in [6, 6.07) is 4.98. The van der Waals surface area contributed by atoms with E-state index in [9.17, 15) is 23.3 Å². The van der Waals surface area contributed by atoms with Gasteiger partial charge in [-0.2, -0.15) is 0 Å². The van der Waals surface area contributed by atoms with Gasteiger partial charge < -0.3 is 4.74 Å². The van der Waals surface area contributed by atoms with E-state index in [1.165, 1.54) is 24.3 Å². The number of cyclic esters (lactones) is 1. The highest BCUT2D eigenvalue weighted by molar-refractivity contribution is 7.89. The molecule has 0 amide bonds. The molecular weight excluding hydrogens is 420 g/mol. The van der Waals surface area contributed by atoms with Crippen LogP contribution in [0.5, 0.6) is 0 Å². The Balaban J connectivity index is 2.09. The van der Waals surface area contributed by atoms with Crippen LogP contribution in [0.4, 0.5) is 5.69 Å². The fourth-order valence-corrected chi connectivity index (χ4v) is 5.36. The van der Waals surface area contributed by atoms with E-state index in [-0.39, 0.29) is 23.0 Å². The Hall–Kier alpha value is -2.00. The Kier molecular flexibility index (Phi) is 10.4. The summed E-state index contributed by atoms with van der Waals surface area (Å²) in [5.41, 5.74) is -0.439. The molecular formula is C22H34N2O6S. The Morgan fingerprint density at radius 3 is 2.26 bits per heavy atom. The highest BCUT2D eigenvalue weighted by Crippen LogP contribution is 2.24. The van der Waals surface area contributed by atoms with Gasteiger partial charge in [0, 0.05) is 18.5 Å². The van der Waals surface area contributed by atoms with Gasteiger partial charge in [0.1, 0.15) is 0 Å². The molecule has 2 atom stereocenters. The zero-order valence-corrected chi connectivity index (χ0v) is 19.1. The molecule has 0 aliphatic carbocycles. The predicted molar refractivity (Wildman–Crippen MR) is 118 cm³/mol. The zero-order chi connectivity index (χ0) is 22.7. The van der Waals surface area contributed by atoms with Crippen LogP contribution in [-0.4, -0.2) is 31.5 Å². The molecule has 0 bridgehead atoms. The average molecular weight is 455 g/mol. The van der Waals surface area contributed by atoms with Crippen molar-refractivity contribution >= 4 is 21.7 Å². The largest absolute Gasteiger partial charge is 0.463 e. The molecule has 0 saturated carbocycles. The summed E-state index contributed by atoms with van der Waals surface area (Å²) in [5, 5.41) is 11.3. The molecule has 1 fully saturated rings. The third kappa shape index (κ3) is 8.95. The van der Waals surface area contributed by atoms with Crippen molar-refractivity contribution in [3.8, 4) is 0 Å². The van der Waals surface area contributed by atoms with Crippen molar-refractivity contribution in [3.05, 3.63) is 34.4 Å². The minimum Gasteiger partial charge on any atom is -0.463 e. The van der Waals surface area contributed by atoms with E-state index in [2.05, 4.69) is 4.72 Å². The van der Waals surface area contributed by atoms with Gasteiger partial charge >= 0.3 is 5.97 Å². The third-order valence-corrected chi connectivity index (χ3v) is 7.18. The predicted octanol–water partition coefficient (Wildman–Crippen LogP) is 4.87. The third-order valence-electron chi connectivity index (χ3n) is 5.61. The maximum atomic E-state index is 12.9. The molecule has 2 rings (SSSR count). The first kappa shape index (κ1) is 25.3. The fraction of sp³-hybridized carbons (Fsp3) is 0.682. The van der Waals surface area contributed by atoms with Crippen molar-refractivity contribution in [1.82, 2.24) is 4.72 Å². The number of nitrogens with zero attached hydrogens (tertiary/aromatic N) is 1. The van der Waals surface area contributed by atoms with Gasteiger partial charge in [0.2, 0.25) is 10.0 Å². The van der Waals surface area contributed by atoms with Crippen LogP contribution in [0.2, 0.25) is 0 Å². The lowest BCUT2D eigenvalue weighted by Gasteiger charge is -2.21. The van der Waals surface area contributed by atoms with Gasteiger partial charge in [0.05, 0.1) is 11.0 Å². The number of rotatable bonds is 4. The summed E-state index contributed by atoms with van der Waals surface area (Å²) in [6.45, 7) is 1.81. The second-order valence-corrected chi connectivity index (χ2v) is 9.97. The molecule has 8 nitrogen and oxygen atoms in total. The number of ether oxygens (including phenoxy) is 1. The van der Waals surface area contributed by atoms with Crippen molar-refractivity contribution in [2.24, 2.45) is 0 Å². The second kappa shape index (κ2) is 12.8. The van der Waals surface area contributed by atoms with Crippen LogP contribution in [-0.2, 0) is 19.6 Å². The molecule has 1 N–H and O–H groups in total. The highest BCUT2D eigenvalue weighted by Gasteiger charge is 2.28. The number of carbonyl (C=O) groups is 1. The molecule has 1 heterocycles. The van der Waals surface area contributed by atoms with E-state index >= 15 is 0 Å². The van der Waals surface area contributed by atoms with Gasteiger partial charge in [-0.1, -0.05) is 57.1 Å². The minimum absolute atomic E-state index is 0.211. The Morgan fingerprint density at radius 1 is 0.968 bits per heavy atom. The summed E-state index contributed by atoms with van der Waals surface area (Å²) >= 11 is 0. The maximum Gasteiger partial charge on any atom is 0.306 e. The zero-order valence-electron chi connectivity index (χ0n) is 18.3. The van der Waals surface area contributed by atoms with Crippen molar-refractivity contribution in [2.75, 3.05) is 0 Å². The summed E-state index contributed by atoms with van der Waals surface area (Å²) in [6.07, 6.45) is 10.0. The molecule has 1 aliphatic heterocycles. The number of sulfonamides is 1. The molecule has 1 aromatic rings. The molecule has 1 aromatic carbocycles. The van der Waals surface area contributed by atoms with Crippen LogP contribution < -0.4 is 4.72 Å². The SMILES string of the molecule is CC1CCC(NS(=O)(=O)c2ccccc2[N+](=O)[O-])CCCCCCCCCCC(=O)O1. The molecule has 1 saturated heterocycles. The first-order valence-electron chi connectivity index (χ1n) is 11.2. The van der Waals surface area contributed by atoms with E-state index < -0.39 is 20.6 Å². The maximum absolute atomic E-state index is 12.9. The normalized spacial score (nSPS) is 23.1. The van der Waals surface area contributed by atoms with Gasteiger partial charge in [-0.25, -0.2) is 13.1 Å². The van der Waals surface area contributed by atoms with Gasteiger partial charge in [-0.15, -0.1) is 0 Å². The number of nitrogens with one attached hydrogen (secondary N) is 1. The van der Waals surface area contributed by atoms with Gasteiger partial charge in [0.25, 0.3) is 5.69 Å². The first-order chi connectivity index (χ1) is 14.8. The van der Waals surface area contributed by atoms with Crippen molar-refractivity contribution < 1.29 is 22.9 Å². The number of nitro groups is 1. The lowest BCUT2D eigenvalue weighted by Crippen LogP contribution is -2.36. The van der Waals surface area contributed by atoms with Crippen molar-refractivity contribution in [2.45, 2.75) is 101 Å². The molecule has 2 unspecified atom stereocenters. The summed E-state index contributed by atoms with van der Waals surface area (Å²) in [7, 11) is -4.05. The lowest BCUT2D eigenvalue weighted by atomic mass is 10.0. The monoisotopic (exact) mass is 454 g/mol. The average Bonchev–Trinajstić information content (AvgIpc) is 2.72. The standard InChI is InChI=1S/C22H34N2O6S/c1-18-16-17-19(12-8-6-4-2-3-5-7-9-15-22(25)30-18)23-31(28,29)21-14-11-10-13-20(21)24(26)27/h10-11,13-14,18-19,23H,2-9,12,15-17H2,1H3. The van der Waals surface area contributed by atoms with Crippen LogP contribution in [0.15, 0.2) is 29.2 Å². The van der Waals surface area contributed by atoms with Crippen LogP contribution in [0.1, 0.15) is 84.0 Å². The lowest BCUT2D eigenvalue weighted by molar-refractivity contribution is -0.387. The molecule has 0 radical (unpaired) electrons. The topological polar surface area (TPSA) is 116 Å². The number of para-hydroxylation sites is 1. The smallest absolute Gasteiger partial charge is 0.306 e. The molecule has 9 heteroatoms. The second-order valence-electron chi connectivity index (χ2n) is 8.29. The van der Waals surface area contributed by atoms with Crippen LogP contribution in [0.25, 0.3) is 0 Å². The summed E-state index contributed by atoms with van der Waals surface area (Å²) < 4.78 is 34.0. The number of esters is 1. The molecule has 0 aromatic heterocycles. The number of hydrogen-bond donors (Lipinski definition) is 1. The van der Waals surface area contributed by atoms with Gasteiger partial charge in [0.15, 0.2) is 4.90 Å². The highest BCUT2D eigenvalue weighted by atomic mass is 32.2. The van der Waals surface area contributed by atoms with Crippen molar-refractivity contribution in [1.29, 1.82) is 0 Å². The van der Waals surface area contributed by atoms with Crippen LogP contribution in [0.3, 0.4) is 0 Å². The van der Waals surface area contributed by atoms with Crippen LogP contribution >= 0.6 is 0 Å². The number of nitro benzene ring substituents is 1. The molecule has 31 heavy (non-hydrogen) atoms. The van der Waals surface area contributed by atoms with Gasteiger partial charge in [-0.3, -0.25) is 14.9 Å². The Labute approximate surface area is 185 Å². The van der Waals surface area contributed by atoms with Crippen molar-refractivity contribution in [3.63, 3.8) is 0 Å². The van der Waals surface area contributed by atoms with Gasteiger partial charge in [-0.05, 0) is 38.7 Å². The summed E-state index contributed by atoms with van der Waals surface area (Å²) in [4.78, 5) is 22.2. The van der Waals surface area contributed by atoms with E-state index in [4.69, 9.17) is 4.74 Å². The Morgan fingerprint density at radius 2 is 1.58 bits per heavy atom. The number of benzene rings is 1. The van der Waals surface area contributed by atoms with E-state index in [1.807, 2.05) is 6.92 Å². The fourth-order valence-electron chi connectivity index (χ4n) is 3.88. The van der Waals surface area contributed by atoms with Crippen LogP contribution in [0, 0.1) is 10.1 Å². The minimum atomic E-state index is -4.05. The van der Waals surface area contributed by atoms with E-state index in [0.29, 0.717) is 25.7 Å². The quantitative estimate of drug-likeness (QED) is 0.394. The number of carbonyl (C=O) groups excluding carboxylic acids is 1. The first-order valence-corrected chi connectivity index (χ1v) is 12.7.